The molecule has 1 amide bonds. The number of hydrogen-bond donors (Lipinski definition) is 1. The quantitative estimate of drug-likeness (QED) is 0.841. The van der Waals surface area contributed by atoms with Gasteiger partial charge in [-0.2, -0.15) is 15.0 Å². The molecule has 1 atom stereocenters. The van der Waals surface area contributed by atoms with Crippen LogP contribution in [0.2, 0.25) is 5.28 Å². The van der Waals surface area contributed by atoms with Gasteiger partial charge < -0.3 is 19.9 Å². The van der Waals surface area contributed by atoms with E-state index in [1.807, 2.05) is 4.90 Å². The molecule has 114 valence electrons. The van der Waals surface area contributed by atoms with Gasteiger partial charge in [0.15, 0.2) is 0 Å². The number of amides is 1. The standard InChI is InChI=1S/C12H17ClN6O2/c1-18-3-2-8(9(18)20)14-11-15-10(13)16-12(17-11)19-4-6-21-7-5-19/h8H,2-7H2,1H3,(H,14,15,16,17). The summed E-state index contributed by atoms with van der Waals surface area (Å²) >= 11 is 5.96. The van der Waals surface area contributed by atoms with Crippen LogP contribution in [0.5, 0.6) is 0 Å². The highest BCUT2D eigenvalue weighted by atomic mass is 35.5. The minimum atomic E-state index is -0.300. The summed E-state index contributed by atoms with van der Waals surface area (Å²) in [4.78, 5) is 28.1. The maximum atomic E-state index is 11.9. The van der Waals surface area contributed by atoms with Gasteiger partial charge in [0, 0.05) is 26.7 Å². The molecule has 2 fully saturated rings. The van der Waals surface area contributed by atoms with Gasteiger partial charge in [-0.05, 0) is 18.0 Å². The zero-order chi connectivity index (χ0) is 14.8. The molecular weight excluding hydrogens is 296 g/mol. The predicted octanol–water partition coefficient (Wildman–Crippen LogP) is 0.00420. The Morgan fingerprint density at radius 1 is 1.24 bits per heavy atom. The number of anilines is 2. The lowest BCUT2D eigenvalue weighted by molar-refractivity contribution is -0.127. The normalized spacial score (nSPS) is 22.8. The number of aromatic nitrogens is 3. The number of halogens is 1. The van der Waals surface area contributed by atoms with Gasteiger partial charge >= 0.3 is 0 Å². The van der Waals surface area contributed by atoms with Gasteiger partial charge in [0.2, 0.25) is 23.1 Å². The molecule has 9 heteroatoms. The third-order valence-corrected chi connectivity index (χ3v) is 3.79. The Balaban J connectivity index is 1.76. The third kappa shape index (κ3) is 3.16. The highest BCUT2D eigenvalue weighted by Crippen LogP contribution is 2.18. The topological polar surface area (TPSA) is 83.5 Å². The molecule has 2 aliphatic rings. The van der Waals surface area contributed by atoms with Crippen molar-refractivity contribution < 1.29 is 9.53 Å². The lowest BCUT2D eigenvalue weighted by atomic mass is 10.2. The zero-order valence-corrected chi connectivity index (χ0v) is 12.5. The zero-order valence-electron chi connectivity index (χ0n) is 11.8. The van der Waals surface area contributed by atoms with Crippen molar-refractivity contribution in [3.8, 4) is 0 Å². The molecule has 0 bridgehead atoms. The lowest BCUT2D eigenvalue weighted by Gasteiger charge is -2.26. The summed E-state index contributed by atoms with van der Waals surface area (Å²) in [5.74, 6) is 0.893. The highest BCUT2D eigenvalue weighted by Gasteiger charge is 2.29. The Hall–Kier alpha value is -1.67. The number of likely N-dealkylation sites (tertiary alicyclic amines) is 1. The molecule has 0 aromatic carbocycles. The molecule has 3 rings (SSSR count). The fourth-order valence-corrected chi connectivity index (χ4v) is 2.58. The van der Waals surface area contributed by atoms with Crippen LogP contribution in [0.25, 0.3) is 0 Å². The van der Waals surface area contributed by atoms with Gasteiger partial charge in [0.05, 0.1) is 13.2 Å². The molecule has 1 aromatic rings. The van der Waals surface area contributed by atoms with Crippen LogP contribution in [0.15, 0.2) is 0 Å². The number of likely N-dealkylation sites (N-methyl/N-ethyl adjacent to an activating group) is 1. The van der Waals surface area contributed by atoms with E-state index in [0.29, 0.717) is 38.2 Å². The van der Waals surface area contributed by atoms with E-state index < -0.39 is 0 Å². The number of nitrogens with one attached hydrogen (secondary N) is 1. The predicted molar refractivity (Wildman–Crippen MR) is 77.5 cm³/mol. The summed E-state index contributed by atoms with van der Waals surface area (Å²) in [5.41, 5.74) is 0. The molecule has 0 saturated carbocycles. The molecule has 2 aliphatic heterocycles. The first-order valence-electron chi connectivity index (χ1n) is 6.89. The van der Waals surface area contributed by atoms with E-state index in [4.69, 9.17) is 16.3 Å². The minimum Gasteiger partial charge on any atom is -0.378 e. The fourth-order valence-electron chi connectivity index (χ4n) is 2.42. The summed E-state index contributed by atoms with van der Waals surface area (Å²) in [6.45, 7) is 3.43. The SMILES string of the molecule is CN1CCC(Nc2nc(Cl)nc(N3CCOCC3)n2)C1=O. The molecule has 0 spiro atoms. The minimum absolute atomic E-state index is 0.0412. The van der Waals surface area contributed by atoms with Gasteiger partial charge in [0.25, 0.3) is 0 Å². The number of morpholine rings is 1. The molecule has 0 radical (unpaired) electrons. The third-order valence-electron chi connectivity index (χ3n) is 3.62. The van der Waals surface area contributed by atoms with E-state index in [0.717, 1.165) is 13.0 Å². The van der Waals surface area contributed by atoms with Crippen molar-refractivity contribution in [2.45, 2.75) is 12.5 Å². The molecule has 1 aromatic heterocycles. The number of hydrogen-bond acceptors (Lipinski definition) is 7. The first-order valence-corrected chi connectivity index (χ1v) is 7.27. The van der Waals surface area contributed by atoms with E-state index in [2.05, 4.69) is 20.3 Å². The highest BCUT2D eigenvalue weighted by molar-refractivity contribution is 6.28. The molecule has 8 nitrogen and oxygen atoms in total. The summed E-state index contributed by atoms with van der Waals surface area (Å²) < 4.78 is 5.30. The Labute approximate surface area is 127 Å². The Morgan fingerprint density at radius 2 is 2.00 bits per heavy atom. The van der Waals surface area contributed by atoms with Crippen LogP contribution in [-0.4, -0.2) is 71.7 Å². The van der Waals surface area contributed by atoms with Crippen LogP contribution in [0.4, 0.5) is 11.9 Å². The molecule has 3 heterocycles. The lowest BCUT2D eigenvalue weighted by Crippen LogP contribution is -2.38. The first-order chi connectivity index (χ1) is 10.1. The summed E-state index contributed by atoms with van der Waals surface area (Å²) in [7, 11) is 1.78. The van der Waals surface area contributed by atoms with Crippen LogP contribution >= 0.6 is 11.6 Å². The smallest absolute Gasteiger partial charge is 0.244 e. The molecule has 1 unspecified atom stereocenters. The number of nitrogens with zero attached hydrogens (tertiary/aromatic N) is 5. The summed E-state index contributed by atoms with van der Waals surface area (Å²) in [5, 5.41) is 3.16. The molecule has 21 heavy (non-hydrogen) atoms. The van der Waals surface area contributed by atoms with Crippen LogP contribution in [0, 0.1) is 0 Å². The number of carbonyl (C=O) groups excluding carboxylic acids is 1. The van der Waals surface area contributed by atoms with Gasteiger partial charge in [0.1, 0.15) is 6.04 Å². The maximum absolute atomic E-state index is 11.9. The van der Waals surface area contributed by atoms with E-state index >= 15 is 0 Å². The fraction of sp³-hybridized carbons (Fsp3) is 0.667. The van der Waals surface area contributed by atoms with Gasteiger partial charge in [-0.15, -0.1) is 0 Å². The Kier molecular flexibility index (Phi) is 4.07. The Bertz CT molecular complexity index is 536. The van der Waals surface area contributed by atoms with Gasteiger partial charge in [-0.25, -0.2) is 0 Å². The summed E-state index contributed by atoms with van der Waals surface area (Å²) in [6.07, 6.45) is 0.728. The number of ether oxygens (including phenoxy) is 1. The maximum Gasteiger partial charge on any atom is 0.244 e. The van der Waals surface area contributed by atoms with Crippen molar-refractivity contribution in [3.05, 3.63) is 5.28 Å². The molecule has 2 saturated heterocycles. The van der Waals surface area contributed by atoms with E-state index in [-0.39, 0.29) is 17.2 Å². The second kappa shape index (κ2) is 5.98. The molecular formula is C12H17ClN6O2. The van der Waals surface area contributed by atoms with Gasteiger partial charge in [-0.1, -0.05) is 0 Å². The van der Waals surface area contributed by atoms with Crippen molar-refractivity contribution in [1.29, 1.82) is 0 Å². The van der Waals surface area contributed by atoms with Crippen LogP contribution in [0.1, 0.15) is 6.42 Å². The van der Waals surface area contributed by atoms with Crippen molar-refractivity contribution in [2.24, 2.45) is 0 Å². The molecule has 1 N–H and O–H groups in total. The van der Waals surface area contributed by atoms with Crippen molar-refractivity contribution in [3.63, 3.8) is 0 Å². The van der Waals surface area contributed by atoms with Crippen molar-refractivity contribution in [2.75, 3.05) is 50.1 Å². The Morgan fingerprint density at radius 3 is 2.67 bits per heavy atom. The number of rotatable bonds is 3. The second-order valence-electron chi connectivity index (χ2n) is 5.07. The van der Waals surface area contributed by atoms with Crippen molar-refractivity contribution in [1.82, 2.24) is 19.9 Å². The van der Waals surface area contributed by atoms with Crippen LogP contribution < -0.4 is 10.2 Å². The average Bonchev–Trinajstić information content (AvgIpc) is 2.80. The number of carbonyl (C=O) groups is 1. The average molecular weight is 313 g/mol. The van der Waals surface area contributed by atoms with Crippen molar-refractivity contribution >= 4 is 29.4 Å². The van der Waals surface area contributed by atoms with Gasteiger partial charge in [-0.3, -0.25) is 4.79 Å². The van der Waals surface area contributed by atoms with E-state index in [9.17, 15) is 4.79 Å². The van der Waals surface area contributed by atoms with Crippen LogP contribution in [0.3, 0.4) is 0 Å². The monoisotopic (exact) mass is 312 g/mol. The van der Waals surface area contributed by atoms with Crippen LogP contribution in [-0.2, 0) is 9.53 Å². The second-order valence-corrected chi connectivity index (χ2v) is 5.41. The summed E-state index contributed by atoms with van der Waals surface area (Å²) in [6, 6.07) is -0.300. The van der Waals surface area contributed by atoms with E-state index in [1.165, 1.54) is 0 Å². The first kappa shape index (κ1) is 14.3. The molecule has 0 aliphatic carbocycles. The van der Waals surface area contributed by atoms with E-state index in [1.54, 1.807) is 11.9 Å². The largest absolute Gasteiger partial charge is 0.378 e.